The monoisotopic (exact) mass is 423 g/mol. The lowest BCUT2D eigenvalue weighted by Crippen LogP contribution is -2.33. The van der Waals surface area contributed by atoms with Gasteiger partial charge in [-0.05, 0) is 46.9 Å². The Morgan fingerprint density at radius 3 is 1.90 bits per heavy atom. The van der Waals surface area contributed by atoms with Crippen molar-refractivity contribution >= 4 is 16.0 Å². The molecule has 1 N–H and O–H groups in total. The molecule has 3 rings (SSSR count). The summed E-state index contributed by atoms with van der Waals surface area (Å²) in [6.07, 6.45) is 0. The van der Waals surface area contributed by atoms with Crippen molar-refractivity contribution in [3.05, 3.63) is 90.0 Å². The van der Waals surface area contributed by atoms with E-state index in [0.717, 1.165) is 16.7 Å². The molecular weight excluding hydrogens is 398 g/mol. The maximum Gasteiger partial charge on any atom is 0.335 e. The van der Waals surface area contributed by atoms with Gasteiger partial charge in [-0.15, -0.1) is 0 Å². The minimum Gasteiger partial charge on any atom is -0.478 e. The molecule has 5 nitrogen and oxygen atoms in total. The van der Waals surface area contributed by atoms with E-state index in [4.69, 9.17) is 5.11 Å². The van der Waals surface area contributed by atoms with E-state index in [2.05, 4.69) is 0 Å². The average Bonchev–Trinajstić information content (AvgIpc) is 2.74. The summed E-state index contributed by atoms with van der Waals surface area (Å²) in [5.41, 5.74) is 2.98. The van der Waals surface area contributed by atoms with E-state index >= 15 is 0 Å². The number of carbonyl (C=O) groups is 1. The second-order valence-electron chi connectivity index (χ2n) is 7.58. The normalized spacial score (nSPS) is 11.7. The van der Waals surface area contributed by atoms with Gasteiger partial charge in [0.25, 0.3) is 0 Å². The fourth-order valence-electron chi connectivity index (χ4n) is 3.21. The fourth-order valence-corrected chi connectivity index (χ4v) is 4.82. The lowest BCUT2D eigenvalue weighted by atomic mass is 10.0. The Morgan fingerprint density at radius 2 is 1.40 bits per heavy atom. The van der Waals surface area contributed by atoms with Crippen LogP contribution in [0.5, 0.6) is 0 Å². The standard InChI is InChI=1S/C24H25NO4S/c1-18(2)16-25(30(28,29)23-6-4-3-5-7-23)17-19-8-10-20(11-9-19)21-12-14-22(15-13-21)24(26)27/h3-15,18H,16-17H2,1-2H3,(H,26,27). The summed E-state index contributed by atoms with van der Waals surface area (Å²) in [4.78, 5) is 11.3. The van der Waals surface area contributed by atoms with Gasteiger partial charge in [-0.1, -0.05) is 68.4 Å². The van der Waals surface area contributed by atoms with Crippen LogP contribution >= 0.6 is 0 Å². The third kappa shape index (κ3) is 5.14. The quantitative estimate of drug-likeness (QED) is 0.559. The van der Waals surface area contributed by atoms with Crippen molar-refractivity contribution in [1.82, 2.24) is 4.31 Å². The van der Waals surface area contributed by atoms with Gasteiger partial charge in [-0.25, -0.2) is 13.2 Å². The van der Waals surface area contributed by atoms with E-state index in [9.17, 15) is 13.2 Å². The van der Waals surface area contributed by atoms with Gasteiger partial charge < -0.3 is 5.11 Å². The van der Waals surface area contributed by atoms with Crippen molar-refractivity contribution in [2.24, 2.45) is 5.92 Å². The fraction of sp³-hybridized carbons (Fsp3) is 0.208. The maximum absolute atomic E-state index is 13.1. The van der Waals surface area contributed by atoms with Gasteiger partial charge in [-0.3, -0.25) is 0 Å². The molecule has 0 saturated heterocycles. The Balaban J connectivity index is 1.82. The van der Waals surface area contributed by atoms with Gasteiger partial charge in [0.05, 0.1) is 10.5 Å². The first-order chi connectivity index (χ1) is 14.3. The number of carboxylic acid groups (broad SMARTS) is 1. The first-order valence-electron chi connectivity index (χ1n) is 9.75. The Bertz CT molecular complexity index is 1090. The third-order valence-corrected chi connectivity index (χ3v) is 6.55. The third-order valence-electron chi connectivity index (χ3n) is 4.73. The minimum absolute atomic E-state index is 0.190. The number of nitrogens with zero attached hydrogens (tertiary/aromatic N) is 1. The molecule has 0 atom stereocenters. The summed E-state index contributed by atoms with van der Waals surface area (Å²) in [6, 6.07) is 22.8. The molecule has 3 aromatic rings. The molecule has 3 aromatic carbocycles. The van der Waals surface area contributed by atoms with E-state index in [1.54, 1.807) is 54.6 Å². The molecule has 0 unspecified atom stereocenters. The highest BCUT2D eigenvalue weighted by atomic mass is 32.2. The number of aromatic carboxylic acids is 1. The van der Waals surface area contributed by atoms with Crippen molar-refractivity contribution in [2.45, 2.75) is 25.3 Å². The van der Waals surface area contributed by atoms with Gasteiger partial charge >= 0.3 is 5.97 Å². The van der Waals surface area contributed by atoms with Gasteiger partial charge in [0.15, 0.2) is 0 Å². The van der Waals surface area contributed by atoms with Crippen LogP contribution in [-0.2, 0) is 16.6 Å². The second-order valence-corrected chi connectivity index (χ2v) is 9.52. The van der Waals surface area contributed by atoms with E-state index in [0.29, 0.717) is 11.4 Å². The largest absolute Gasteiger partial charge is 0.478 e. The van der Waals surface area contributed by atoms with E-state index in [1.807, 2.05) is 38.1 Å². The van der Waals surface area contributed by atoms with Crippen molar-refractivity contribution in [3.63, 3.8) is 0 Å². The predicted octanol–water partition coefficient (Wildman–Crippen LogP) is 4.90. The van der Waals surface area contributed by atoms with Crippen LogP contribution in [0.15, 0.2) is 83.8 Å². The van der Waals surface area contributed by atoms with Crippen LogP contribution in [-0.4, -0.2) is 30.3 Å². The number of benzene rings is 3. The molecular formula is C24H25NO4S. The lowest BCUT2D eigenvalue weighted by Gasteiger charge is -2.24. The molecule has 0 aliphatic heterocycles. The van der Waals surface area contributed by atoms with Crippen LogP contribution in [0.3, 0.4) is 0 Å². The van der Waals surface area contributed by atoms with E-state index in [1.165, 1.54) is 4.31 Å². The molecule has 0 saturated carbocycles. The molecule has 0 radical (unpaired) electrons. The minimum atomic E-state index is -3.59. The molecule has 0 fully saturated rings. The summed E-state index contributed by atoms with van der Waals surface area (Å²) in [6.45, 7) is 4.71. The van der Waals surface area contributed by atoms with Crippen LogP contribution in [0.1, 0.15) is 29.8 Å². The lowest BCUT2D eigenvalue weighted by molar-refractivity contribution is 0.0697. The number of rotatable bonds is 8. The summed E-state index contributed by atoms with van der Waals surface area (Å²) in [5, 5.41) is 9.02. The second kappa shape index (κ2) is 9.24. The number of carboxylic acids is 1. The molecule has 0 bridgehead atoms. The predicted molar refractivity (Wildman–Crippen MR) is 118 cm³/mol. The van der Waals surface area contributed by atoms with E-state index in [-0.39, 0.29) is 18.0 Å². The van der Waals surface area contributed by atoms with Gasteiger partial charge in [0.1, 0.15) is 0 Å². The molecule has 30 heavy (non-hydrogen) atoms. The van der Waals surface area contributed by atoms with Crippen LogP contribution in [0.2, 0.25) is 0 Å². The molecule has 6 heteroatoms. The maximum atomic E-state index is 13.1. The highest BCUT2D eigenvalue weighted by molar-refractivity contribution is 7.89. The molecule has 0 heterocycles. The molecule has 0 aromatic heterocycles. The topological polar surface area (TPSA) is 74.7 Å². The van der Waals surface area contributed by atoms with Crippen LogP contribution in [0, 0.1) is 5.92 Å². The zero-order valence-corrected chi connectivity index (χ0v) is 17.8. The molecule has 0 aliphatic carbocycles. The highest BCUT2D eigenvalue weighted by Gasteiger charge is 2.25. The Hall–Kier alpha value is -2.96. The zero-order valence-electron chi connectivity index (χ0n) is 17.0. The number of hydrogen-bond acceptors (Lipinski definition) is 3. The van der Waals surface area contributed by atoms with Crippen molar-refractivity contribution in [2.75, 3.05) is 6.54 Å². The first-order valence-corrected chi connectivity index (χ1v) is 11.2. The molecule has 156 valence electrons. The Kier molecular flexibility index (Phi) is 6.70. The SMILES string of the molecule is CC(C)CN(Cc1ccc(-c2ccc(C(=O)O)cc2)cc1)S(=O)(=O)c1ccccc1. The number of hydrogen-bond donors (Lipinski definition) is 1. The smallest absolute Gasteiger partial charge is 0.335 e. The summed E-state index contributed by atoms with van der Waals surface area (Å²) in [7, 11) is -3.59. The van der Waals surface area contributed by atoms with Crippen molar-refractivity contribution < 1.29 is 18.3 Å². The van der Waals surface area contributed by atoms with Gasteiger partial charge in [0.2, 0.25) is 10.0 Å². The number of sulfonamides is 1. The summed E-state index contributed by atoms with van der Waals surface area (Å²) < 4.78 is 27.8. The Morgan fingerprint density at radius 1 is 0.867 bits per heavy atom. The zero-order chi connectivity index (χ0) is 21.7. The van der Waals surface area contributed by atoms with Gasteiger partial charge in [-0.2, -0.15) is 4.31 Å². The van der Waals surface area contributed by atoms with E-state index < -0.39 is 16.0 Å². The molecule has 0 spiro atoms. The van der Waals surface area contributed by atoms with Crippen LogP contribution < -0.4 is 0 Å². The molecule has 0 aliphatic rings. The van der Waals surface area contributed by atoms with Gasteiger partial charge in [0, 0.05) is 13.1 Å². The van der Waals surface area contributed by atoms with Crippen LogP contribution in [0.4, 0.5) is 0 Å². The highest BCUT2D eigenvalue weighted by Crippen LogP contribution is 2.23. The Labute approximate surface area is 177 Å². The average molecular weight is 424 g/mol. The van der Waals surface area contributed by atoms with Crippen LogP contribution in [0.25, 0.3) is 11.1 Å². The summed E-state index contributed by atoms with van der Waals surface area (Å²) in [5.74, 6) is -0.766. The molecule has 0 amide bonds. The van der Waals surface area contributed by atoms with Crippen molar-refractivity contribution in [1.29, 1.82) is 0 Å². The van der Waals surface area contributed by atoms with Crippen molar-refractivity contribution in [3.8, 4) is 11.1 Å². The summed E-state index contributed by atoms with van der Waals surface area (Å²) >= 11 is 0. The first kappa shape index (κ1) is 21.7.